The van der Waals surface area contributed by atoms with Gasteiger partial charge < -0.3 is 25.6 Å². The molecule has 2 aromatic rings. The number of hydrogen-bond acceptors (Lipinski definition) is 6. The van der Waals surface area contributed by atoms with Crippen molar-refractivity contribution in [3.05, 3.63) is 55.2 Å². The van der Waals surface area contributed by atoms with Crippen molar-refractivity contribution >= 4 is 62.7 Å². The number of aliphatic hydroxyl groups is 1. The molecule has 0 heterocycles. The quantitative estimate of drug-likeness (QED) is 0.0867. The van der Waals surface area contributed by atoms with Crippen LogP contribution >= 0.6 is 45.2 Å². The summed E-state index contributed by atoms with van der Waals surface area (Å²) < 4.78 is 13.2. The molecule has 28 heavy (non-hydrogen) atoms. The summed E-state index contributed by atoms with van der Waals surface area (Å²) in [6.45, 7) is 1.51. The van der Waals surface area contributed by atoms with E-state index in [2.05, 4.69) is 50.5 Å². The first kappa shape index (κ1) is 22.8. The number of esters is 1. The zero-order valence-corrected chi connectivity index (χ0v) is 19.5. The Bertz CT molecular complexity index is 825. The highest BCUT2D eigenvalue weighted by Crippen LogP contribution is 2.26. The lowest BCUT2D eigenvalue weighted by Crippen LogP contribution is -2.51. The monoisotopic (exact) mass is 609 g/mol. The molecule has 9 heteroatoms. The van der Waals surface area contributed by atoms with Gasteiger partial charge in [-0.2, -0.15) is 0 Å². The summed E-state index contributed by atoms with van der Waals surface area (Å²) in [4.78, 5) is 13.0. The average molecular weight is 609 g/mol. The normalized spacial score (nSPS) is 12.9. The van der Waals surface area contributed by atoms with Crippen LogP contribution in [0.25, 0.3) is 0 Å². The molecule has 2 rings (SSSR count). The number of benzene rings is 2. The molecule has 0 aliphatic heterocycles. The Labute approximate surface area is 190 Å². The van der Waals surface area contributed by atoms with Crippen molar-refractivity contribution in [3.8, 4) is 5.75 Å². The number of anilines is 1. The van der Waals surface area contributed by atoms with E-state index in [0.29, 0.717) is 17.0 Å². The van der Waals surface area contributed by atoms with Crippen molar-refractivity contribution in [1.82, 2.24) is 0 Å². The Morgan fingerprint density at radius 1 is 1.21 bits per heavy atom. The molecule has 150 valence electrons. The van der Waals surface area contributed by atoms with Gasteiger partial charge >= 0.3 is 5.97 Å². The minimum absolute atomic E-state index is 0.0364. The van der Waals surface area contributed by atoms with Gasteiger partial charge in [-0.15, -0.1) is 0 Å². The zero-order valence-electron chi connectivity index (χ0n) is 15.2. The number of nitrogens with one attached hydrogen (secondary N) is 2. The minimum Gasteiger partial charge on any atom is -0.423 e. The molecule has 2 aromatic carbocycles. The highest BCUT2D eigenvalue weighted by Gasteiger charge is 2.40. The lowest BCUT2D eigenvalue weighted by atomic mass is 10.1. The molecule has 0 aliphatic carbocycles. The molecule has 0 aromatic heterocycles. The van der Waals surface area contributed by atoms with Gasteiger partial charge in [0.05, 0.1) is 13.2 Å². The second kappa shape index (κ2) is 10.4. The van der Waals surface area contributed by atoms with Crippen LogP contribution in [0.5, 0.6) is 5.75 Å². The molecule has 1 atom stereocenters. The number of aliphatic hydroxyl groups excluding tert-OH is 1. The van der Waals surface area contributed by atoms with Gasteiger partial charge in [0, 0.05) is 24.8 Å². The highest BCUT2D eigenvalue weighted by molar-refractivity contribution is 14.1. The van der Waals surface area contributed by atoms with E-state index >= 15 is 0 Å². The lowest BCUT2D eigenvalue weighted by Gasteiger charge is -2.32. The van der Waals surface area contributed by atoms with Crippen molar-refractivity contribution in [2.45, 2.75) is 19.1 Å². The predicted octanol–water partition coefficient (Wildman–Crippen LogP) is 3.31. The van der Waals surface area contributed by atoms with Crippen molar-refractivity contribution in [1.29, 1.82) is 5.41 Å². The van der Waals surface area contributed by atoms with Crippen LogP contribution in [0.2, 0.25) is 0 Å². The topological polar surface area (TPSA) is 118 Å². The van der Waals surface area contributed by atoms with Gasteiger partial charge in [-0.25, -0.2) is 4.79 Å². The van der Waals surface area contributed by atoms with Crippen LogP contribution in [-0.4, -0.2) is 35.9 Å². The van der Waals surface area contributed by atoms with E-state index in [-0.39, 0.29) is 25.5 Å². The van der Waals surface area contributed by atoms with Crippen LogP contribution < -0.4 is 15.8 Å². The first-order valence-corrected chi connectivity index (χ1v) is 10.6. The minimum atomic E-state index is -1.48. The van der Waals surface area contributed by atoms with Crippen molar-refractivity contribution in [2.24, 2.45) is 5.73 Å². The number of nitrogen functional groups attached to an aromatic ring is 1. The SMILES string of the molecule is CCC(Nc1ccc(C(=N)N)cc1)(OCCO)C(=O)Oc1cc(I)cc(I)c1. The van der Waals surface area contributed by atoms with Gasteiger partial charge in [-0.05, 0) is 87.6 Å². The Morgan fingerprint density at radius 2 is 1.82 bits per heavy atom. The third-order valence-electron chi connectivity index (χ3n) is 3.86. The highest BCUT2D eigenvalue weighted by atomic mass is 127. The predicted molar refractivity (Wildman–Crippen MR) is 125 cm³/mol. The molecular weight excluding hydrogens is 588 g/mol. The number of carbonyl (C=O) groups is 1. The van der Waals surface area contributed by atoms with Crippen LogP contribution in [0.1, 0.15) is 18.9 Å². The maximum atomic E-state index is 13.0. The van der Waals surface area contributed by atoms with E-state index in [1.54, 1.807) is 43.3 Å². The summed E-state index contributed by atoms with van der Waals surface area (Å²) in [5, 5.41) is 19.7. The Kier molecular flexibility index (Phi) is 8.46. The van der Waals surface area contributed by atoms with Crippen LogP contribution in [0.3, 0.4) is 0 Å². The molecule has 0 saturated carbocycles. The molecule has 0 radical (unpaired) electrons. The largest absolute Gasteiger partial charge is 0.423 e. The zero-order chi connectivity index (χ0) is 20.7. The first-order valence-electron chi connectivity index (χ1n) is 8.45. The Morgan fingerprint density at radius 3 is 2.32 bits per heavy atom. The number of amidine groups is 1. The third kappa shape index (κ3) is 6.03. The number of nitrogens with two attached hydrogens (primary N) is 1. The number of carbonyl (C=O) groups excluding carboxylic acids is 1. The number of ether oxygens (including phenoxy) is 2. The van der Waals surface area contributed by atoms with Gasteiger partial charge in [0.2, 0.25) is 5.72 Å². The van der Waals surface area contributed by atoms with Gasteiger partial charge in [0.15, 0.2) is 0 Å². The van der Waals surface area contributed by atoms with Crippen LogP contribution in [0.4, 0.5) is 5.69 Å². The van der Waals surface area contributed by atoms with Crippen LogP contribution in [0, 0.1) is 12.5 Å². The van der Waals surface area contributed by atoms with Gasteiger partial charge in [-0.3, -0.25) is 5.41 Å². The van der Waals surface area contributed by atoms with E-state index in [1.165, 1.54) is 0 Å². The van der Waals surface area contributed by atoms with E-state index < -0.39 is 11.7 Å². The molecule has 5 N–H and O–H groups in total. The first-order chi connectivity index (χ1) is 13.3. The third-order valence-corrected chi connectivity index (χ3v) is 5.10. The Hall–Kier alpha value is -1.44. The van der Waals surface area contributed by atoms with Gasteiger partial charge in [-0.1, -0.05) is 6.92 Å². The van der Waals surface area contributed by atoms with Crippen LogP contribution in [-0.2, 0) is 9.53 Å². The smallest absolute Gasteiger partial charge is 0.365 e. The molecule has 0 aliphatic rings. The van der Waals surface area contributed by atoms with Crippen molar-refractivity contribution in [2.75, 3.05) is 18.5 Å². The molecule has 0 bridgehead atoms. The number of rotatable bonds is 9. The van der Waals surface area contributed by atoms with Gasteiger partial charge in [0.25, 0.3) is 0 Å². The van der Waals surface area contributed by atoms with E-state index in [1.807, 2.05) is 6.07 Å². The number of hydrogen-bond donors (Lipinski definition) is 4. The summed E-state index contributed by atoms with van der Waals surface area (Å²) in [5.41, 5.74) is 5.16. The average Bonchev–Trinajstić information content (AvgIpc) is 2.64. The van der Waals surface area contributed by atoms with Gasteiger partial charge in [0.1, 0.15) is 11.6 Å². The molecule has 0 saturated heterocycles. The molecule has 1 unspecified atom stereocenters. The number of halogens is 2. The fraction of sp³-hybridized carbons (Fsp3) is 0.263. The molecular formula is C19H21I2N3O4. The fourth-order valence-corrected chi connectivity index (χ4v) is 4.32. The summed E-state index contributed by atoms with van der Waals surface area (Å²) in [6, 6.07) is 12.2. The standard InChI is InChI=1S/C19H21I2N3O4/c1-2-19(27-8-7-25,24-15-5-3-12(4-6-15)17(22)23)18(26)28-16-10-13(20)9-14(21)11-16/h3-6,9-11,24-25H,2,7-8H2,1H3,(H3,22,23). The molecule has 0 amide bonds. The van der Waals surface area contributed by atoms with E-state index in [4.69, 9.17) is 20.6 Å². The Balaban J connectivity index is 2.29. The summed E-state index contributed by atoms with van der Waals surface area (Å²) in [5.74, 6) is -0.241. The maximum Gasteiger partial charge on any atom is 0.365 e. The van der Waals surface area contributed by atoms with Crippen molar-refractivity contribution < 1.29 is 19.4 Å². The van der Waals surface area contributed by atoms with Crippen molar-refractivity contribution in [3.63, 3.8) is 0 Å². The van der Waals surface area contributed by atoms with Crippen LogP contribution in [0.15, 0.2) is 42.5 Å². The molecule has 0 spiro atoms. The molecule has 7 nitrogen and oxygen atoms in total. The second-order valence-electron chi connectivity index (χ2n) is 5.86. The summed E-state index contributed by atoms with van der Waals surface area (Å²) in [6.07, 6.45) is 0.265. The van der Waals surface area contributed by atoms with E-state index in [0.717, 1.165) is 7.14 Å². The van der Waals surface area contributed by atoms with E-state index in [9.17, 15) is 9.90 Å². The fourth-order valence-electron chi connectivity index (χ4n) is 2.44. The summed E-state index contributed by atoms with van der Waals surface area (Å²) in [7, 11) is 0. The summed E-state index contributed by atoms with van der Waals surface area (Å²) >= 11 is 4.31. The lowest BCUT2D eigenvalue weighted by molar-refractivity contribution is -0.160. The second-order valence-corrected chi connectivity index (χ2v) is 8.35. The maximum absolute atomic E-state index is 13.0. The molecule has 0 fully saturated rings.